The minimum Gasteiger partial charge on any atom is -0.330 e. The van der Waals surface area contributed by atoms with Crippen molar-refractivity contribution in [1.29, 1.82) is 0 Å². The molecule has 84 valence electrons. The van der Waals surface area contributed by atoms with E-state index in [0.717, 1.165) is 6.07 Å². The van der Waals surface area contributed by atoms with Crippen molar-refractivity contribution >= 4 is 0 Å². The average Bonchev–Trinajstić information content (AvgIpc) is 2.67. The molecule has 0 unspecified atom stereocenters. The Morgan fingerprint density at radius 1 is 1.31 bits per heavy atom. The second-order valence-electron chi connectivity index (χ2n) is 3.25. The van der Waals surface area contributed by atoms with Crippen LogP contribution in [0.25, 0.3) is 5.69 Å². The van der Waals surface area contributed by atoms with Crippen molar-refractivity contribution < 1.29 is 8.78 Å². The monoisotopic (exact) mass is 224 g/mol. The second-order valence-corrected chi connectivity index (χ2v) is 3.25. The fourth-order valence-corrected chi connectivity index (χ4v) is 1.44. The largest absolute Gasteiger partial charge is 0.330 e. The number of nitrogens with two attached hydrogens (primary N) is 1. The third-order valence-electron chi connectivity index (χ3n) is 2.16. The van der Waals surface area contributed by atoms with Gasteiger partial charge in [-0.25, -0.2) is 8.78 Å². The van der Waals surface area contributed by atoms with E-state index in [1.165, 1.54) is 23.0 Å². The summed E-state index contributed by atoms with van der Waals surface area (Å²) in [6.45, 7) is 0.390. The van der Waals surface area contributed by atoms with Gasteiger partial charge in [0.05, 0.1) is 5.69 Å². The van der Waals surface area contributed by atoms with Gasteiger partial charge in [-0.05, 0) is 18.7 Å². The fraction of sp³-hybridized carbons (Fsp3) is 0.200. The molecule has 0 saturated heterocycles. The minimum absolute atomic E-state index is 0.217. The van der Waals surface area contributed by atoms with Gasteiger partial charge in [0.25, 0.3) is 0 Å². The smallest absolute Gasteiger partial charge is 0.150 e. The molecular weight excluding hydrogens is 214 g/mol. The van der Waals surface area contributed by atoms with Crippen LogP contribution in [-0.4, -0.2) is 21.3 Å². The van der Waals surface area contributed by atoms with Gasteiger partial charge in [0.1, 0.15) is 23.8 Å². The number of rotatable bonds is 3. The van der Waals surface area contributed by atoms with Crippen LogP contribution in [0.5, 0.6) is 0 Å². The van der Waals surface area contributed by atoms with E-state index in [1.54, 1.807) is 0 Å². The van der Waals surface area contributed by atoms with Crippen LogP contribution in [0.4, 0.5) is 8.78 Å². The third-order valence-corrected chi connectivity index (χ3v) is 2.16. The summed E-state index contributed by atoms with van der Waals surface area (Å²) in [7, 11) is 0. The number of aromatic nitrogens is 3. The van der Waals surface area contributed by atoms with Crippen LogP contribution in [0.2, 0.25) is 0 Å². The molecule has 1 heterocycles. The van der Waals surface area contributed by atoms with E-state index in [9.17, 15) is 8.78 Å². The molecule has 2 aromatic rings. The highest BCUT2D eigenvalue weighted by Gasteiger charge is 2.10. The normalized spacial score (nSPS) is 10.7. The van der Waals surface area contributed by atoms with Crippen molar-refractivity contribution in [3.05, 3.63) is 42.0 Å². The molecular formula is C10H10F2N4. The molecule has 0 aliphatic carbocycles. The molecule has 1 aromatic carbocycles. The van der Waals surface area contributed by atoms with Gasteiger partial charge < -0.3 is 5.73 Å². The summed E-state index contributed by atoms with van der Waals surface area (Å²) >= 11 is 0. The molecule has 6 heteroatoms. The molecule has 1 aromatic heterocycles. The van der Waals surface area contributed by atoms with Crippen molar-refractivity contribution in [2.45, 2.75) is 6.42 Å². The predicted octanol–water partition coefficient (Wildman–Crippen LogP) is 1.05. The first-order chi connectivity index (χ1) is 7.72. The van der Waals surface area contributed by atoms with E-state index >= 15 is 0 Å². The van der Waals surface area contributed by atoms with Gasteiger partial charge in [0.2, 0.25) is 0 Å². The van der Waals surface area contributed by atoms with Gasteiger partial charge in [-0.3, -0.25) is 4.57 Å². The zero-order chi connectivity index (χ0) is 11.5. The van der Waals surface area contributed by atoms with Crippen LogP contribution >= 0.6 is 0 Å². The first-order valence-corrected chi connectivity index (χ1v) is 4.77. The molecule has 2 rings (SSSR count). The first-order valence-electron chi connectivity index (χ1n) is 4.77. The van der Waals surface area contributed by atoms with Crippen LogP contribution in [0.3, 0.4) is 0 Å². The van der Waals surface area contributed by atoms with E-state index in [2.05, 4.69) is 10.2 Å². The van der Waals surface area contributed by atoms with Gasteiger partial charge >= 0.3 is 0 Å². The van der Waals surface area contributed by atoms with E-state index in [-0.39, 0.29) is 5.69 Å². The second kappa shape index (κ2) is 4.36. The number of hydrogen-bond acceptors (Lipinski definition) is 3. The van der Waals surface area contributed by atoms with Crippen molar-refractivity contribution in [2.24, 2.45) is 5.73 Å². The lowest BCUT2D eigenvalue weighted by Gasteiger charge is -2.06. The van der Waals surface area contributed by atoms with E-state index in [0.29, 0.717) is 18.8 Å². The molecule has 0 bridgehead atoms. The standard InChI is InChI=1S/C10H10F2N4/c11-7-1-2-9(8(12)5-7)16-6-14-15-10(16)3-4-13/h1-2,5-6H,3-4,13H2. The highest BCUT2D eigenvalue weighted by atomic mass is 19.1. The molecule has 0 aliphatic rings. The topological polar surface area (TPSA) is 56.7 Å². The Morgan fingerprint density at radius 2 is 2.12 bits per heavy atom. The van der Waals surface area contributed by atoms with Crippen molar-refractivity contribution in [3.8, 4) is 5.69 Å². The number of nitrogens with zero attached hydrogens (tertiary/aromatic N) is 3. The maximum atomic E-state index is 13.5. The molecule has 0 spiro atoms. The molecule has 16 heavy (non-hydrogen) atoms. The van der Waals surface area contributed by atoms with Gasteiger partial charge in [0.15, 0.2) is 0 Å². The predicted molar refractivity (Wildman–Crippen MR) is 54.0 cm³/mol. The Morgan fingerprint density at radius 3 is 2.81 bits per heavy atom. The van der Waals surface area contributed by atoms with E-state index < -0.39 is 11.6 Å². The van der Waals surface area contributed by atoms with Crippen LogP contribution in [0.1, 0.15) is 5.82 Å². The van der Waals surface area contributed by atoms with E-state index in [4.69, 9.17) is 5.73 Å². The fourth-order valence-electron chi connectivity index (χ4n) is 1.44. The molecule has 0 atom stereocenters. The summed E-state index contributed by atoms with van der Waals surface area (Å²) in [6.07, 6.45) is 1.86. The number of hydrogen-bond donors (Lipinski definition) is 1. The quantitative estimate of drug-likeness (QED) is 0.847. The molecule has 0 saturated carbocycles. The number of benzene rings is 1. The zero-order valence-corrected chi connectivity index (χ0v) is 8.40. The van der Waals surface area contributed by atoms with Gasteiger partial charge in [-0.1, -0.05) is 0 Å². The summed E-state index contributed by atoms with van der Waals surface area (Å²) in [5, 5.41) is 7.50. The van der Waals surface area contributed by atoms with Crippen LogP contribution in [-0.2, 0) is 6.42 Å². The Balaban J connectivity index is 2.46. The Labute approximate surface area is 90.7 Å². The third kappa shape index (κ3) is 1.92. The van der Waals surface area contributed by atoms with Crippen molar-refractivity contribution in [3.63, 3.8) is 0 Å². The summed E-state index contributed by atoms with van der Waals surface area (Å²) in [6, 6.07) is 3.35. The molecule has 0 aliphatic heterocycles. The van der Waals surface area contributed by atoms with Gasteiger partial charge in [-0.15, -0.1) is 10.2 Å². The molecule has 0 radical (unpaired) electrons. The maximum absolute atomic E-state index is 13.5. The Hall–Kier alpha value is -1.82. The number of halogens is 2. The molecule has 0 amide bonds. The SMILES string of the molecule is NCCc1nncn1-c1ccc(F)cc1F. The highest BCUT2D eigenvalue weighted by molar-refractivity contribution is 5.34. The lowest BCUT2D eigenvalue weighted by Crippen LogP contribution is -2.09. The van der Waals surface area contributed by atoms with Gasteiger partial charge in [0, 0.05) is 12.5 Å². The summed E-state index contributed by atoms with van der Waals surface area (Å²) in [5.41, 5.74) is 5.61. The molecule has 4 nitrogen and oxygen atoms in total. The van der Waals surface area contributed by atoms with Gasteiger partial charge in [-0.2, -0.15) is 0 Å². The zero-order valence-electron chi connectivity index (χ0n) is 8.40. The summed E-state index contributed by atoms with van der Waals surface area (Å²) in [5.74, 6) is -0.722. The lowest BCUT2D eigenvalue weighted by molar-refractivity contribution is 0.576. The average molecular weight is 224 g/mol. The summed E-state index contributed by atoms with van der Waals surface area (Å²) in [4.78, 5) is 0. The highest BCUT2D eigenvalue weighted by Crippen LogP contribution is 2.15. The van der Waals surface area contributed by atoms with Crippen LogP contribution in [0, 0.1) is 11.6 Å². The minimum atomic E-state index is -0.655. The molecule has 0 fully saturated rings. The van der Waals surface area contributed by atoms with Crippen molar-refractivity contribution in [2.75, 3.05) is 6.54 Å². The molecule has 2 N–H and O–H groups in total. The lowest BCUT2D eigenvalue weighted by atomic mass is 10.3. The van der Waals surface area contributed by atoms with Crippen LogP contribution < -0.4 is 5.73 Å². The maximum Gasteiger partial charge on any atom is 0.150 e. The van der Waals surface area contributed by atoms with E-state index in [1.807, 2.05) is 0 Å². The Kier molecular flexibility index (Phi) is 2.91. The van der Waals surface area contributed by atoms with Crippen molar-refractivity contribution in [1.82, 2.24) is 14.8 Å². The Bertz CT molecular complexity index is 495. The van der Waals surface area contributed by atoms with Crippen LogP contribution in [0.15, 0.2) is 24.5 Å². The first kappa shape index (κ1) is 10.7. The summed E-state index contributed by atoms with van der Waals surface area (Å²) < 4.78 is 27.7.